The topological polar surface area (TPSA) is 97.1 Å². The number of carbonyl (C=O) groups excluding carboxylic acids is 1. The van der Waals surface area contributed by atoms with E-state index < -0.39 is 5.97 Å². The van der Waals surface area contributed by atoms with Crippen molar-refractivity contribution in [2.24, 2.45) is 0 Å². The van der Waals surface area contributed by atoms with E-state index in [0.29, 0.717) is 23.5 Å². The summed E-state index contributed by atoms with van der Waals surface area (Å²) in [5.74, 6) is -1.24. The molecule has 1 amide bonds. The summed E-state index contributed by atoms with van der Waals surface area (Å²) in [6, 6.07) is 0. The fourth-order valence-corrected chi connectivity index (χ4v) is 2.49. The second kappa shape index (κ2) is 6.27. The predicted octanol–water partition coefficient (Wildman–Crippen LogP) is 1.77. The molecule has 2 heterocycles. The number of thiazole rings is 1. The van der Waals surface area contributed by atoms with E-state index in [4.69, 9.17) is 5.11 Å². The third-order valence-electron chi connectivity index (χ3n) is 2.93. The number of amides is 1. The minimum Gasteiger partial charge on any atom is -0.476 e. The van der Waals surface area contributed by atoms with Crippen LogP contribution in [0.25, 0.3) is 0 Å². The summed E-state index contributed by atoms with van der Waals surface area (Å²) in [4.78, 5) is 26.7. The largest absolute Gasteiger partial charge is 0.476 e. The molecule has 0 aromatic carbocycles. The molecule has 2 aromatic rings. The van der Waals surface area contributed by atoms with Crippen molar-refractivity contribution in [3.05, 3.63) is 34.0 Å². The molecule has 2 N–H and O–H groups in total. The van der Waals surface area contributed by atoms with Gasteiger partial charge in [-0.15, -0.1) is 11.3 Å². The van der Waals surface area contributed by atoms with Crippen molar-refractivity contribution in [2.75, 3.05) is 6.54 Å². The first-order valence-electron chi connectivity index (χ1n) is 6.78. The minimum atomic E-state index is -1.04. The number of carboxylic acid groups (broad SMARTS) is 1. The number of aromatic carboxylic acids is 1. The normalized spacial score (nSPS) is 11.4. The van der Waals surface area contributed by atoms with Crippen LogP contribution in [-0.4, -0.2) is 38.3 Å². The lowest BCUT2D eigenvalue weighted by Crippen LogP contribution is -2.26. The van der Waals surface area contributed by atoms with E-state index >= 15 is 0 Å². The molecule has 0 unspecified atom stereocenters. The zero-order chi connectivity index (χ0) is 16.3. The standard InChI is InChI=1S/C14H18N4O3S/c1-14(2,3)18-7-9(6-16-18)12(19)15-5-4-11-17-10(8-22-11)13(20)21/h6-8H,4-5H2,1-3H3,(H,15,19)(H,20,21). The summed E-state index contributed by atoms with van der Waals surface area (Å²) in [5.41, 5.74) is 0.366. The molecule has 22 heavy (non-hydrogen) atoms. The predicted molar refractivity (Wildman–Crippen MR) is 82.3 cm³/mol. The molecule has 0 spiro atoms. The molecule has 118 valence electrons. The number of carboxylic acids is 1. The molecule has 0 aliphatic rings. The average molecular weight is 322 g/mol. The van der Waals surface area contributed by atoms with Gasteiger partial charge in [-0.3, -0.25) is 9.48 Å². The quantitative estimate of drug-likeness (QED) is 0.874. The van der Waals surface area contributed by atoms with Crippen molar-refractivity contribution in [3.63, 3.8) is 0 Å². The molecule has 0 bridgehead atoms. The molecule has 0 aliphatic carbocycles. The first kappa shape index (κ1) is 16.2. The lowest BCUT2D eigenvalue weighted by atomic mass is 10.1. The number of nitrogens with zero attached hydrogens (tertiary/aromatic N) is 3. The number of carbonyl (C=O) groups is 2. The van der Waals surface area contributed by atoms with Gasteiger partial charge in [-0.25, -0.2) is 9.78 Å². The van der Waals surface area contributed by atoms with Gasteiger partial charge < -0.3 is 10.4 Å². The molecule has 7 nitrogen and oxygen atoms in total. The molecule has 0 saturated carbocycles. The van der Waals surface area contributed by atoms with Crippen LogP contribution >= 0.6 is 11.3 Å². The van der Waals surface area contributed by atoms with Crippen molar-refractivity contribution < 1.29 is 14.7 Å². The van der Waals surface area contributed by atoms with E-state index in [9.17, 15) is 9.59 Å². The first-order valence-corrected chi connectivity index (χ1v) is 7.66. The smallest absolute Gasteiger partial charge is 0.355 e. The molecular weight excluding hydrogens is 304 g/mol. The summed E-state index contributed by atoms with van der Waals surface area (Å²) in [5, 5.41) is 17.9. The highest BCUT2D eigenvalue weighted by Gasteiger charge is 2.16. The molecule has 0 aliphatic heterocycles. The molecule has 0 fully saturated rings. The Morgan fingerprint density at radius 3 is 2.68 bits per heavy atom. The monoisotopic (exact) mass is 322 g/mol. The Morgan fingerprint density at radius 1 is 1.41 bits per heavy atom. The fraction of sp³-hybridized carbons (Fsp3) is 0.429. The highest BCUT2D eigenvalue weighted by molar-refractivity contribution is 7.09. The Morgan fingerprint density at radius 2 is 2.14 bits per heavy atom. The molecule has 0 atom stereocenters. The van der Waals surface area contributed by atoms with Gasteiger partial charge in [0.1, 0.15) is 0 Å². The lowest BCUT2D eigenvalue weighted by molar-refractivity contribution is 0.0690. The molecular formula is C14H18N4O3S. The second-order valence-electron chi connectivity index (χ2n) is 5.78. The van der Waals surface area contributed by atoms with Gasteiger partial charge >= 0.3 is 5.97 Å². The maximum atomic E-state index is 12.0. The van der Waals surface area contributed by atoms with E-state index in [1.807, 2.05) is 20.8 Å². The van der Waals surface area contributed by atoms with Gasteiger partial charge in [-0.1, -0.05) is 0 Å². The summed E-state index contributed by atoms with van der Waals surface area (Å²) in [6.07, 6.45) is 3.74. The number of hydrogen-bond acceptors (Lipinski definition) is 5. The van der Waals surface area contributed by atoms with E-state index in [2.05, 4.69) is 15.4 Å². The Balaban J connectivity index is 1.87. The summed E-state index contributed by atoms with van der Waals surface area (Å²) in [7, 11) is 0. The number of nitrogens with one attached hydrogen (secondary N) is 1. The Hall–Kier alpha value is -2.22. The number of rotatable bonds is 5. The number of hydrogen-bond donors (Lipinski definition) is 2. The Labute approximate surface area is 132 Å². The van der Waals surface area contributed by atoms with E-state index in [1.54, 1.807) is 10.9 Å². The first-order chi connectivity index (χ1) is 10.3. The van der Waals surface area contributed by atoms with Crippen LogP contribution in [0.3, 0.4) is 0 Å². The van der Waals surface area contributed by atoms with Crippen LogP contribution < -0.4 is 5.32 Å². The van der Waals surface area contributed by atoms with Gasteiger partial charge in [0, 0.05) is 24.5 Å². The lowest BCUT2D eigenvalue weighted by Gasteiger charge is -2.18. The highest BCUT2D eigenvalue weighted by atomic mass is 32.1. The van der Waals surface area contributed by atoms with Crippen LogP contribution in [0.5, 0.6) is 0 Å². The van der Waals surface area contributed by atoms with Crippen molar-refractivity contribution in [1.82, 2.24) is 20.1 Å². The maximum Gasteiger partial charge on any atom is 0.355 e. The van der Waals surface area contributed by atoms with Crippen molar-refractivity contribution in [3.8, 4) is 0 Å². The minimum absolute atomic E-state index is 0.0396. The average Bonchev–Trinajstić information content (AvgIpc) is 3.07. The second-order valence-corrected chi connectivity index (χ2v) is 6.72. The van der Waals surface area contributed by atoms with Crippen molar-refractivity contribution in [1.29, 1.82) is 0 Å². The zero-order valence-corrected chi connectivity index (χ0v) is 13.5. The van der Waals surface area contributed by atoms with Crippen LogP contribution in [0.15, 0.2) is 17.8 Å². The molecule has 2 aromatic heterocycles. The third kappa shape index (κ3) is 3.91. The van der Waals surface area contributed by atoms with Crippen LogP contribution in [0.1, 0.15) is 46.6 Å². The summed E-state index contributed by atoms with van der Waals surface area (Å²) in [6.45, 7) is 6.41. The van der Waals surface area contributed by atoms with Gasteiger partial charge in [-0.2, -0.15) is 5.10 Å². The van der Waals surface area contributed by atoms with Gasteiger partial charge in [0.2, 0.25) is 0 Å². The van der Waals surface area contributed by atoms with Gasteiger partial charge in [0.15, 0.2) is 5.69 Å². The molecule has 0 radical (unpaired) electrons. The van der Waals surface area contributed by atoms with Crippen LogP contribution in [0.4, 0.5) is 0 Å². The Kier molecular flexibility index (Phi) is 4.60. The fourth-order valence-electron chi connectivity index (χ4n) is 1.72. The summed E-state index contributed by atoms with van der Waals surface area (Å²) < 4.78 is 1.74. The third-order valence-corrected chi connectivity index (χ3v) is 3.84. The van der Waals surface area contributed by atoms with Gasteiger partial charge in [-0.05, 0) is 20.8 Å². The highest BCUT2D eigenvalue weighted by Crippen LogP contribution is 2.13. The van der Waals surface area contributed by atoms with Crippen LogP contribution in [0.2, 0.25) is 0 Å². The SMILES string of the molecule is CC(C)(C)n1cc(C(=O)NCCc2nc(C(=O)O)cs2)cn1. The number of aromatic nitrogens is 3. The van der Waals surface area contributed by atoms with Crippen molar-refractivity contribution in [2.45, 2.75) is 32.7 Å². The zero-order valence-electron chi connectivity index (χ0n) is 12.7. The molecule has 0 saturated heterocycles. The summed E-state index contributed by atoms with van der Waals surface area (Å²) >= 11 is 1.27. The maximum absolute atomic E-state index is 12.0. The van der Waals surface area contributed by atoms with Crippen molar-refractivity contribution >= 4 is 23.2 Å². The van der Waals surface area contributed by atoms with Gasteiger partial charge in [0.05, 0.1) is 22.3 Å². The van der Waals surface area contributed by atoms with Crippen LogP contribution in [-0.2, 0) is 12.0 Å². The van der Waals surface area contributed by atoms with E-state index in [1.165, 1.54) is 22.9 Å². The van der Waals surface area contributed by atoms with Crippen LogP contribution in [0, 0.1) is 0 Å². The molecule has 2 rings (SSSR count). The van der Waals surface area contributed by atoms with E-state index in [0.717, 1.165) is 0 Å². The molecule has 8 heteroatoms. The Bertz CT molecular complexity index is 684. The van der Waals surface area contributed by atoms with E-state index in [-0.39, 0.29) is 17.1 Å². The van der Waals surface area contributed by atoms with Gasteiger partial charge in [0.25, 0.3) is 5.91 Å².